The molecule has 0 saturated carbocycles. The number of rotatable bonds is 2. The first-order chi connectivity index (χ1) is 11.5. The van der Waals surface area contributed by atoms with Crippen LogP contribution < -0.4 is 10.2 Å². The van der Waals surface area contributed by atoms with Gasteiger partial charge in [0.1, 0.15) is 0 Å². The number of hydrogen-bond acceptors (Lipinski definition) is 2. The zero-order chi connectivity index (χ0) is 17.1. The third-order valence-electron chi connectivity index (χ3n) is 4.32. The molecule has 3 rings (SSSR count). The van der Waals surface area contributed by atoms with Crippen LogP contribution in [0.2, 0.25) is 5.02 Å². The van der Waals surface area contributed by atoms with Gasteiger partial charge in [-0.05, 0) is 49.7 Å². The van der Waals surface area contributed by atoms with Crippen molar-refractivity contribution in [3.8, 4) is 0 Å². The van der Waals surface area contributed by atoms with Gasteiger partial charge in [-0.25, -0.2) is 4.79 Å². The van der Waals surface area contributed by atoms with Gasteiger partial charge < -0.3 is 15.1 Å². The molecule has 5 heteroatoms. The highest BCUT2D eigenvalue weighted by atomic mass is 35.5. The number of halogens is 1. The fourth-order valence-electron chi connectivity index (χ4n) is 3.10. The van der Waals surface area contributed by atoms with E-state index in [0.29, 0.717) is 18.1 Å². The van der Waals surface area contributed by atoms with Crippen LogP contribution in [0.3, 0.4) is 0 Å². The molecule has 1 saturated heterocycles. The molecule has 2 amide bonds. The van der Waals surface area contributed by atoms with E-state index in [2.05, 4.69) is 48.3 Å². The first-order valence-corrected chi connectivity index (χ1v) is 8.55. The summed E-state index contributed by atoms with van der Waals surface area (Å²) in [6, 6.07) is 15.9. The second-order valence-corrected chi connectivity index (χ2v) is 6.70. The molecule has 0 aromatic heterocycles. The van der Waals surface area contributed by atoms with E-state index >= 15 is 0 Å². The Morgan fingerprint density at radius 2 is 1.96 bits per heavy atom. The minimum absolute atomic E-state index is 0.0759. The maximum atomic E-state index is 12.5. The standard InChI is InChI=1S/C19H22ClN3O/c1-14-5-3-8-18(11-14)23-10-9-22(13-15(23)2)19(24)21-17-7-4-6-16(20)12-17/h3-8,11-12,15H,9-10,13H2,1-2H3,(H,21,24). The number of nitrogens with one attached hydrogen (secondary N) is 1. The number of nitrogens with zero attached hydrogens (tertiary/aromatic N) is 2. The van der Waals surface area contributed by atoms with Gasteiger partial charge in [-0.3, -0.25) is 0 Å². The Bertz CT molecular complexity index is 734. The quantitative estimate of drug-likeness (QED) is 0.877. The molecule has 24 heavy (non-hydrogen) atoms. The van der Waals surface area contributed by atoms with Crippen LogP contribution in [0.5, 0.6) is 0 Å². The molecular formula is C19H22ClN3O. The molecule has 0 aliphatic carbocycles. The normalized spacial score (nSPS) is 17.7. The summed E-state index contributed by atoms with van der Waals surface area (Å²) >= 11 is 5.97. The average molecular weight is 344 g/mol. The number of amides is 2. The van der Waals surface area contributed by atoms with E-state index in [1.165, 1.54) is 11.3 Å². The Morgan fingerprint density at radius 3 is 2.67 bits per heavy atom. The number of aryl methyl sites for hydroxylation is 1. The maximum absolute atomic E-state index is 12.5. The van der Waals surface area contributed by atoms with Crippen molar-refractivity contribution >= 4 is 29.0 Å². The number of carbonyl (C=O) groups excluding carboxylic acids is 1. The smallest absolute Gasteiger partial charge is 0.321 e. The molecule has 2 aromatic carbocycles. The number of urea groups is 1. The fourth-order valence-corrected chi connectivity index (χ4v) is 3.29. The van der Waals surface area contributed by atoms with E-state index in [1.807, 2.05) is 17.0 Å². The van der Waals surface area contributed by atoms with Gasteiger partial charge in [-0.2, -0.15) is 0 Å². The maximum Gasteiger partial charge on any atom is 0.321 e. The minimum Gasteiger partial charge on any atom is -0.365 e. The number of anilines is 2. The summed E-state index contributed by atoms with van der Waals surface area (Å²) in [6.45, 7) is 6.47. The van der Waals surface area contributed by atoms with Crippen molar-refractivity contribution in [2.75, 3.05) is 29.9 Å². The Morgan fingerprint density at radius 1 is 1.17 bits per heavy atom. The molecule has 0 radical (unpaired) electrons. The van der Waals surface area contributed by atoms with E-state index in [-0.39, 0.29) is 12.1 Å². The topological polar surface area (TPSA) is 35.6 Å². The SMILES string of the molecule is Cc1cccc(N2CCN(C(=O)Nc3cccc(Cl)c3)CC2C)c1. The molecule has 126 valence electrons. The van der Waals surface area contributed by atoms with Gasteiger partial charge in [0.15, 0.2) is 0 Å². The molecule has 1 atom stereocenters. The van der Waals surface area contributed by atoms with Crippen molar-refractivity contribution in [2.45, 2.75) is 19.9 Å². The highest BCUT2D eigenvalue weighted by molar-refractivity contribution is 6.30. The van der Waals surface area contributed by atoms with Crippen molar-refractivity contribution in [1.29, 1.82) is 0 Å². The molecule has 0 bridgehead atoms. The van der Waals surface area contributed by atoms with E-state index in [1.54, 1.807) is 12.1 Å². The largest absolute Gasteiger partial charge is 0.365 e. The molecule has 1 aliphatic heterocycles. The number of piperazine rings is 1. The molecule has 1 unspecified atom stereocenters. The lowest BCUT2D eigenvalue weighted by Crippen LogP contribution is -2.54. The number of carbonyl (C=O) groups is 1. The van der Waals surface area contributed by atoms with Crippen LogP contribution in [0.1, 0.15) is 12.5 Å². The van der Waals surface area contributed by atoms with Gasteiger partial charge in [-0.15, -0.1) is 0 Å². The van der Waals surface area contributed by atoms with Crippen LogP contribution in [-0.2, 0) is 0 Å². The monoisotopic (exact) mass is 343 g/mol. The highest BCUT2D eigenvalue weighted by Crippen LogP contribution is 2.22. The Kier molecular flexibility index (Phi) is 4.95. The summed E-state index contributed by atoms with van der Waals surface area (Å²) in [6.07, 6.45) is 0. The summed E-state index contributed by atoms with van der Waals surface area (Å²) in [5.74, 6) is 0. The van der Waals surface area contributed by atoms with Crippen molar-refractivity contribution in [2.24, 2.45) is 0 Å². The minimum atomic E-state index is -0.0759. The van der Waals surface area contributed by atoms with Gasteiger partial charge in [-0.1, -0.05) is 29.8 Å². The summed E-state index contributed by atoms with van der Waals surface area (Å²) in [5, 5.41) is 3.54. The Labute approximate surface area is 148 Å². The summed E-state index contributed by atoms with van der Waals surface area (Å²) in [7, 11) is 0. The molecule has 1 aliphatic rings. The molecule has 1 N–H and O–H groups in total. The van der Waals surface area contributed by atoms with Crippen molar-refractivity contribution < 1.29 is 4.79 Å². The van der Waals surface area contributed by atoms with E-state index in [4.69, 9.17) is 11.6 Å². The molecule has 1 fully saturated rings. The van der Waals surface area contributed by atoms with Crippen molar-refractivity contribution in [3.05, 3.63) is 59.1 Å². The molecule has 2 aromatic rings. The van der Waals surface area contributed by atoms with E-state index < -0.39 is 0 Å². The second-order valence-electron chi connectivity index (χ2n) is 6.27. The third kappa shape index (κ3) is 3.82. The van der Waals surface area contributed by atoms with Gasteiger partial charge >= 0.3 is 6.03 Å². The lowest BCUT2D eigenvalue weighted by atomic mass is 10.1. The zero-order valence-corrected chi connectivity index (χ0v) is 14.8. The van der Waals surface area contributed by atoms with E-state index in [9.17, 15) is 4.79 Å². The van der Waals surface area contributed by atoms with Crippen LogP contribution in [-0.4, -0.2) is 36.6 Å². The number of benzene rings is 2. The predicted molar refractivity (Wildman–Crippen MR) is 100 cm³/mol. The highest BCUT2D eigenvalue weighted by Gasteiger charge is 2.27. The third-order valence-corrected chi connectivity index (χ3v) is 4.56. The van der Waals surface area contributed by atoms with Crippen LogP contribution in [0.15, 0.2) is 48.5 Å². The first kappa shape index (κ1) is 16.7. The molecule has 0 spiro atoms. The Balaban J connectivity index is 1.63. The van der Waals surface area contributed by atoms with Crippen LogP contribution >= 0.6 is 11.6 Å². The summed E-state index contributed by atoms with van der Waals surface area (Å²) in [4.78, 5) is 16.7. The lowest BCUT2D eigenvalue weighted by Gasteiger charge is -2.41. The van der Waals surface area contributed by atoms with Gasteiger partial charge in [0, 0.05) is 42.1 Å². The molecule has 4 nitrogen and oxygen atoms in total. The zero-order valence-electron chi connectivity index (χ0n) is 14.0. The van der Waals surface area contributed by atoms with Gasteiger partial charge in [0.05, 0.1) is 0 Å². The number of hydrogen-bond donors (Lipinski definition) is 1. The van der Waals surface area contributed by atoms with Gasteiger partial charge in [0.2, 0.25) is 0 Å². The first-order valence-electron chi connectivity index (χ1n) is 8.18. The molecule has 1 heterocycles. The summed E-state index contributed by atoms with van der Waals surface area (Å²) < 4.78 is 0. The van der Waals surface area contributed by atoms with Gasteiger partial charge in [0.25, 0.3) is 0 Å². The second kappa shape index (κ2) is 7.14. The van der Waals surface area contributed by atoms with Crippen LogP contribution in [0, 0.1) is 6.92 Å². The summed E-state index contributed by atoms with van der Waals surface area (Å²) in [5.41, 5.74) is 3.19. The predicted octanol–water partition coefficient (Wildman–Crippen LogP) is 4.39. The van der Waals surface area contributed by atoms with Crippen molar-refractivity contribution in [3.63, 3.8) is 0 Å². The Hall–Kier alpha value is -2.20. The average Bonchev–Trinajstić information content (AvgIpc) is 2.54. The fraction of sp³-hybridized carbons (Fsp3) is 0.316. The lowest BCUT2D eigenvalue weighted by molar-refractivity contribution is 0.200. The van der Waals surface area contributed by atoms with Crippen LogP contribution in [0.4, 0.5) is 16.2 Å². The van der Waals surface area contributed by atoms with E-state index in [0.717, 1.165) is 12.2 Å². The van der Waals surface area contributed by atoms with Crippen LogP contribution in [0.25, 0.3) is 0 Å². The molecular weight excluding hydrogens is 322 g/mol. The van der Waals surface area contributed by atoms with Crippen molar-refractivity contribution in [1.82, 2.24) is 4.90 Å².